The van der Waals surface area contributed by atoms with E-state index in [0.717, 1.165) is 5.56 Å². The Morgan fingerprint density at radius 1 is 1.04 bits per heavy atom. The van der Waals surface area contributed by atoms with Crippen molar-refractivity contribution in [3.05, 3.63) is 65.7 Å². The lowest BCUT2D eigenvalue weighted by atomic mass is 10.0. The lowest BCUT2D eigenvalue weighted by Gasteiger charge is -2.17. The molecule has 0 fully saturated rings. The summed E-state index contributed by atoms with van der Waals surface area (Å²) in [6.45, 7) is 2.39. The second kappa shape index (κ2) is 9.05. The van der Waals surface area contributed by atoms with Gasteiger partial charge in [0.25, 0.3) is 0 Å². The molecule has 0 aliphatic rings. The highest BCUT2D eigenvalue weighted by Gasteiger charge is 2.22. The molecule has 2 unspecified atom stereocenters. The number of rotatable bonds is 8. The molecule has 0 aromatic heterocycles. The first-order valence-corrected chi connectivity index (χ1v) is 7.88. The van der Waals surface area contributed by atoms with Crippen LogP contribution in [0.5, 0.6) is 5.75 Å². The first-order chi connectivity index (χ1) is 11.6. The molecule has 2 aromatic rings. The molecule has 0 bridgehead atoms. The van der Waals surface area contributed by atoms with Gasteiger partial charge in [0.05, 0.1) is 19.1 Å². The van der Waals surface area contributed by atoms with Crippen molar-refractivity contribution in [3.63, 3.8) is 0 Å². The van der Waals surface area contributed by atoms with Crippen molar-refractivity contribution in [2.24, 2.45) is 0 Å². The van der Waals surface area contributed by atoms with Gasteiger partial charge >= 0.3 is 5.97 Å². The number of benzene rings is 2. The van der Waals surface area contributed by atoms with Gasteiger partial charge < -0.3 is 19.7 Å². The fourth-order valence-corrected chi connectivity index (χ4v) is 2.23. The minimum atomic E-state index is -1.21. The fourth-order valence-electron chi connectivity index (χ4n) is 2.23. The topological polar surface area (TPSA) is 76.0 Å². The van der Waals surface area contributed by atoms with Crippen molar-refractivity contribution < 1.29 is 24.5 Å². The molecule has 0 saturated heterocycles. The molecule has 0 aliphatic carbocycles. The number of carbonyl (C=O) groups excluding carboxylic acids is 1. The zero-order valence-corrected chi connectivity index (χ0v) is 13.6. The summed E-state index contributed by atoms with van der Waals surface area (Å²) in [7, 11) is 0. The Bertz CT molecular complexity index is 624. The second-order valence-corrected chi connectivity index (χ2v) is 5.36. The Morgan fingerprint density at radius 2 is 1.71 bits per heavy atom. The Balaban J connectivity index is 1.89. The van der Waals surface area contributed by atoms with E-state index in [1.165, 1.54) is 0 Å². The van der Waals surface area contributed by atoms with Crippen molar-refractivity contribution in [1.82, 2.24) is 0 Å². The molecule has 0 saturated carbocycles. The molecule has 0 amide bonds. The third kappa shape index (κ3) is 5.37. The van der Waals surface area contributed by atoms with Crippen LogP contribution in [-0.2, 0) is 16.1 Å². The molecular weight excluding hydrogens is 308 g/mol. The van der Waals surface area contributed by atoms with Gasteiger partial charge in [-0.1, -0.05) is 42.5 Å². The van der Waals surface area contributed by atoms with Crippen molar-refractivity contribution in [1.29, 1.82) is 0 Å². The van der Waals surface area contributed by atoms with Crippen molar-refractivity contribution >= 4 is 5.97 Å². The molecule has 5 nitrogen and oxygen atoms in total. The first-order valence-electron chi connectivity index (χ1n) is 7.88. The normalized spacial score (nSPS) is 13.1. The second-order valence-electron chi connectivity index (χ2n) is 5.36. The Hall–Kier alpha value is -2.37. The summed E-state index contributed by atoms with van der Waals surface area (Å²) >= 11 is 0. The summed E-state index contributed by atoms with van der Waals surface area (Å²) in [6.07, 6.45) is -2.61. The SMILES string of the molecule is CCOC(=O)CC(O)C(O)c1ccc(OCc2ccccc2)cc1. The predicted molar refractivity (Wildman–Crippen MR) is 89.4 cm³/mol. The monoisotopic (exact) mass is 330 g/mol. The molecule has 0 heterocycles. The van der Waals surface area contributed by atoms with E-state index in [0.29, 0.717) is 17.9 Å². The van der Waals surface area contributed by atoms with Gasteiger partial charge in [-0.25, -0.2) is 0 Å². The molecule has 5 heteroatoms. The molecule has 2 aromatic carbocycles. The Morgan fingerprint density at radius 3 is 2.33 bits per heavy atom. The number of esters is 1. The highest BCUT2D eigenvalue weighted by atomic mass is 16.5. The highest BCUT2D eigenvalue weighted by molar-refractivity contribution is 5.70. The van der Waals surface area contributed by atoms with E-state index in [4.69, 9.17) is 9.47 Å². The van der Waals surface area contributed by atoms with Gasteiger partial charge in [0, 0.05) is 0 Å². The summed E-state index contributed by atoms with van der Waals surface area (Å²) in [5, 5.41) is 20.0. The molecule has 0 spiro atoms. The van der Waals surface area contributed by atoms with Crippen LogP contribution in [0.2, 0.25) is 0 Å². The molecule has 2 atom stereocenters. The van der Waals surface area contributed by atoms with Gasteiger partial charge in [-0.05, 0) is 30.2 Å². The van der Waals surface area contributed by atoms with E-state index < -0.39 is 18.2 Å². The van der Waals surface area contributed by atoms with Crippen LogP contribution in [0.1, 0.15) is 30.6 Å². The average molecular weight is 330 g/mol. The number of aliphatic hydroxyl groups is 2. The molecule has 128 valence electrons. The number of hydrogen-bond acceptors (Lipinski definition) is 5. The fraction of sp³-hybridized carbons (Fsp3) is 0.316. The van der Waals surface area contributed by atoms with Crippen molar-refractivity contribution in [3.8, 4) is 5.75 Å². The Labute approximate surface area is 141 Å². The van der Waals surface area contributed by atoms with Gasteiger partial charge in [0.15, 0.2) is 0 Å². The number of aliphatic hydroxyl groups excluding tert-OH is 2. The summed E-state index contributed by atoms with van der Waals surface area (Å²) in [5.41, 5.74) is 1.57. The third-order valence-corrected chi connectivity index (χ3v) is 3.52. The zero-order valence-electron chi connectivity index (χ0n) is 13.6. The maximum atomic E-state index is 11.3. The molecule has 24 heavy (non-hydrogen) atoms. The molecule has 2 rings (SSSR count). The van der Waals surface area contributed by atoms with Crippen LogP contribution >= 0.6 is 0 Å². The maximum absolute atomic E-state index is 11.3. The number of ether oxygens (including phenoxy) is 2. The van der Waals surface area contributed by atoms with E-state index in [1.54, 1.807) is 31.2 Å². The zero-order chi connectivity index (χ0) is 17.4. The first kappa shape index (κ1) is 18.0. The van der Waals surface area contributed by atoms with Crippen molar-refractivity contribution in [2.75, 3.05) is 6.61 Å². The van der Waals surface area contributed by atoms with E-state index in [-0.39, 0.29) is 13.0 Å². The summed E-state index contributed by atoms with van der Waals surface area (Å²) in [4.78, 5) is 11.3. The minimum Gasteiger partial charge on any atom is -0.489 e. The molecule has 0 aliphatic heterocycles. The molecule has 0 radical (unpaired) electrons. The van der Waals surface area contributed by atoms with Crippen LogP contribution in [0.25, 0.3) is 0 Å². The Kier molecular flexibility index (Phi) is 6.78. The van der Waals surface area contributed by atoms with Gasteiger partial charge in [-0.2, -0.15) is 0 Å². The smallest absolute Gasteiger partial charge is 0.308 e. The van der Waals surface area contributed by atoms with E-state index in [1.807, 2.05) is 30.3 Å². The van der Waals surface area contributed by atoms with Gasteiger partial charge in [0.1, 0.15) is 18.5 Å². The van der Waals surface area contributed by atoms with Gasteiger partial charge in [-0.3, -0.25) is 4.79 Å². The summed E-state index contributed by atoms with van der Waals surface area (Å²) in [5.74, 6) is 0.126. The average Bonchev–Trinajstić information content (AvgIpc) is 2.61. The number of carbonyl (C=O) groups is 1. The summed E-state index contributed by atoms with van der Waals surface area (Å²) < 4.78 is 10.4. The van der Waals surface area contributed by atoms with Crippen LogP contribution in [0, 0.1) is 0 Å². The predicted octanol–water partition coefficient (Wildman–Crippen LogP) is 2.61. The third-order valence-electron chi connectivity index (χ3n) is 3.52. The lowest BCUT2D eigenvalue weighted by Crippen LogP contribution is -2.23. The minimum absolute atomic E-state index is 0.245. The highest BCUT2D eigenvalue weighted by Crippen LogP contribution is 2.22. The van der Waals surface area contributed by atoms with E-state index in [9.17, 15) is 15.0 Å². The van der Waals surface area contributed by atoms with Crippen LogP contribution in [-0.4, -0.2) is 28.9 Å². The lowest BCUT2D eigenvalue weighted by molar-refractivity contribution is -0.147. The van der Waals surface area contributed by atoms with Gasteiger partial charge in [-0.15, -0.1) is 0 Å². The largest absolute Gasteiger partial charge is 0.489 e. The quantitative estimate of drug-likeness (QED) is 0.728. The molecule has 2 N–H and O–H groups in total. The van der Waals surface area contributed by atoms with Crippen LogP contribution in [0.3, 0.4) is 0 Å². The van der Waals surface area contributed by atoms with Gasteiger partial charge in [0.2, 0.25) is 0 Å². The number of hydrogen-bond donors (Lipinski definition) is 2. The standard InChI is InChI=1S/C19H22O5/c1-2-23-18(21)12-17(20)19(22)15-8-10-16(11-9-15)24-13-14-6-4-3-5-7-14/h3-11,17,19-20,22H,2,12-13H2,1H3. The van der Waals surface area contributed by atoms with Crippen LogP contribution in [0.4, 0.5) is 0 Å². The van der Waals surface area contributed by atoms with E-state index in [2.05, 4.69) is 0 Å². The van der Waals surface area contributed by atoms with Crippen molar-refractivity contribution in [2.45, 2.75) is 32.2 Å². The summed E-state index contributed by atoms with van der Waals surface area (Å²) in [6, 6.07) is 16.6. The van der Waals surface area contributed by atoms with Crippen LogP contribution in [0.15, 0.2) is 54.6 Å². The van der Waals surface area contributed by atoms with Crippen LogP contribution < -0.4 is 4.74 Å². The molecular formula is C19H22O5. The maximum Gasteiger partial charge on any atom is 0.308 e. The van der Waals surface area contributed by atoms with E-state index >= 15 is 0 Å².